The number of carbonyl (C=O) groups is 1. The van der Waals surface area contributed by atoms with Crippen LogP contribution in [0.3, 0.4) is 0 Å². The van der Waals surface area contributed by atoms with Gasteiger partial charge in [-0.2, -0.15) is 0 Å². The lowest BCUT2D eigenvalue weighted by Crippen LogP contribution is -2.14. The number of benzene rings is 3. The van der Waals surface area contributed by atoms with Gasteiger partial charge in [-0.3, -0.25) is 9.52 Å². The Balaban J connectivity index is 1.66. The molecule has 0 unspecified atom stereocenters. The molecule has 0 atom stereocenters. The molecule has 142 valence electrons. The zero-order valence-electron chi connectivity index (χ0n) is 15.3. The van der Waals surface area contributed by atoms with Gasteiger partial charge in [0, 0.05) is 11.8 Å². The number of sulfonamides is 1. The summed E-state index contributed by atoms with van der Waals surface area (Å²) < 4.78 is 27.6. The molecule has 3 aromatic carbocycles. The summed E-state index contributed by atoms with van der Waals surface area (Å²) >= 11 is 0. The highest BCUT2D eigenvalue weighted by Gasteiger charge is 2.15. The largest absolute Gasteiger partial charge is 0.323 e. The topological polar surface area (TPSA) is 75.3 Å². The number of para-hydroxylation sites is 1. The average Bonchev–Trinajstić information content (AvgIpc) is 2.69. The normalized spacial score (nSPS) is 11.3. The zero-order chi connectivity index (χ0) is 20.0. The van der Waals surface area contributed by atoms with E-state index in [2.05, 4.69) is 10.0 Å². The fourth-order valence-electron chi connectivity index (χ4n) is 2.53. The van der Waals surface area contributed by atoms with E-state index in [1.54, 1.807) is 30.3 Å². The van der Waals surface area contributed by atoms with Gasteiger partial charge in [0.05, 0.1) is 10.6 Å². The van der Waals surface area contributed by atoms with Crippen LogP contribution in [-0.4, -0.2) is 14.3 Å². The van der Waals surface area contributed by atoms with E-state index in [9.17, 15) is 13.2 Å². The van der Waals surface area contributed by atoms with E-state index >= 15 is 0 Å². The summed E-state index contributed by atoms with van der Waals surface area (Å²) in [6.07, 6.45) is 3.14. The average molecular weight is 392 g/mol. The number of hydrogen-bond acceptors (Lipinski definition) is 3. The Morgan fingerprint density at radius 3 is 2.18 bits per heavy atom. The standard InChI is InChI=1S/C22H20N2O3S/c1-17-7-5-6-10-21(17)24-28(26,27)20-14-12-19(13-15-20)23-22(25)16-11-18-8-3-2-4-9-18/h2-16,24H,1H3,(H,23,25). The lowest BCUT2D eigenvalue weighted by molar-refractivity contribution is -0.111. The molecule has 2 N–H and O–H groups in total. The second-order valence-corrected chi connectivity index (χ2v) is 7.86. The molecule has 1 amide bonds. The summed E-state index contributed by atoms with van der Waals surface area (Å²) in [5, 5.41) is 2.71. The van der Waals surface area contributed by atoms with Crippen LogP contribution in [0.2, 0.25) is 0 Å². The molecule has 0 aliphatic rings. The first kappa shape index (κ1) is 19.4. The Morgan fingerprint density at radius 2 is 1.50 bits per heavy atom. The first-order valence-corrected chi connectivity index (χ1v) is 10.1. The summed E-state index contributed by atoms with van der Waals surface area (Å²) in [5.74, 6) is -0.294. The van der Waals surface area contributed by atoms with Gasteiger partial charge >= 0.3 is 0 Å². The van der Waals surface area contributed by atoms with Gasteiger partial charge in [0.1, 0.15) is 0 Å². The van der Waals surface area contributed by atoms with Gasteiger partial charge in [-0.15, -0.1) is 0 Å². The molecule has 0 heterocycles. The van der Waals surface area contributed by atoms with Crippen LogP contribution in [-0.2, 0) is 14.8 Å². The molecule has 0 aliphatic heterocycles. The summed E-state index contributed by atoms with van der Waals surface area (Å²) in [6.45, 7) is 1.83. The van der Waals surface area contributed by atoms with E-state index < -0.39 is 10.0 Å². The third-order valence-electron chi connectivity index (χ3n) is 4.05. The number of nitrogens with one attached hydrogen (secondary N) is 2. The molecule has 3 aromatic rings. The molecule has 0 bridgehead atoms. The van der Waals surface area contributed by atoms with E-state index in [4.69, 9.17) is 0 Å². The number of hydrogen-bond donors (Lipinski definition) is 2. The minimum Gasteiger partial charge on any atom is -0.323 e. The van der Waals surface area contributed by atoms with Gasteiger partial charge in [0.25, 0.3) is 10.0 Å². The number of amides is 1. The molecule has 0 saturated carbocycles. The maximum absolute atomic E-state index is 12.5. The van der Waals surface area contributed by atoms with Gasteiger partial charge < -0.3 is 5.32 Å². The number of anilines is 2. The Labute approximate surface area is 164 Å². The Bertz CT molecular complexity index is 1090. The smallest absolute Gasteiger partial charge is 0.261 e. The Kier molecular flexibility index (Phi) is 5.91. The van der Waals surface area contributed by atoms with Crippen LogP contribution in [0.1, 0.15) is 11.1 Å². The van der Waals surface area contributed by atoms with E-state index in [-0.39, 0.29) is 10.8 Å². The highest BCUT2D eigenvalue weighted by Crippen LogP contribution is 2.20. The molecular formula is C22H20N2O3S. The number of rotatable bonds is 6. The number of aryl methyl sites for hydroxylation is 1. The molecule has 3 rings (SSSR count). The molecule has 6 heteroatoms. The summed E-state index contributed by atoms with van der Waals surface area (Å²) in [7, 11) is -3.70. The Morgan fingerprint density at radius 1 is 0.857 bits per heavy atom. The van der Waals surface area contributed by atoms with Crippen LogP contribution in [0.4, 0.5) is 11.4 Å². The molecular weight excluding hydrogens is 372 g/mol. The van der Waals surface area contributed by atoms with Crippen molar-refractivity contribution in [1.29, 1.82) is 0 Å². The quantitative estimate of drug-likeness (QED) is 0.609. The van der Waals surface area contributed by atoms with Crippen LogP contribution in [0.15, 0.2) is 89.8 Å². The maximum atomic E-state index is 12.5. The van der Waals surface area contributed by atoms with Crippen molar-refractivity contribution in [3.05, 3.63) is 96.1 Å². The predicted molar refractivity (Wildman–Crippen MR) is 113 cm³/mol. The van der Waals surface area contributed by atoms with Gasteiger partial charge in [-0.05, 0) is 54.5 Å². The summed E-state index contributed by atoms with van der Waals surface area (Å²) in [4.78, 5) is 12.1. The lowest BCUT2D eigenvalue weighted by Gasteiger charge is -2.11. The van der Waals surface area contributed by atoms with Crippen molar-refractivity contribution < 1.29 is 13.2 Å². The van der Waals surface area contributed by atoms with Gasteiger partial charge in [0.2, 0.25) is 5.91 Å². The van der Waals surface area contributed by atoms with Gasteiger partial charge in [-0.25, -0.2) is 8.42 Å². The van der Waals surface area contributed by atoms with E-state index in [0.29, 0.717) is 11.4 Å². The fourth-order valence-corrected chi connectivity index (χ4v) is 3.66. The van der Waals surface area contributed by atoms with Crippen molar-refractivity contribution in [2.24, 2.45) is 0 Å². The lowest BCUT2D eigenvalue weighted by atomic mass is 10.2. The molecule has 0 aromatic heterocycles. The maximum Gasteiger partial charge on any atom is 0.261 e. The minimum atomic E-state index is -3.70. The van der Waals surface area contributed by atoms with Crippen molar-refractivity contribution in [2.75, 3.05) is 10.0 Å². The first-order valence-electron chi connectivity index (χ1n) is 8.67. The highest BCUT2D eigenvalue weighted by molar-refractivity contribution is 7.92. The molecule has 0 spiro atoms. The Hall–Kier alpha value is -3.38. The van der Waals surface area contributed by atoms with Crippen LogP contribution in [0.25, 0.3) is 6.08 Å². The molecule has 0 aliphatic carbocycles. The van der Waals surface area contributed by atoms with Crippen molar-refractivity contribution in [2.45, 2.75) is 11.8 Å². The number of carbonyl (C=O) groups excluding carboxylic acids is 1. The van der Waals surface area contributed by atoms with Crippen molar-refractivity contribution in [3.63, 3.8) is 0 Å². The molecule has 0 saturated heterocycles. The van der Waals surface area contributed by atoms with E-state index in [1.807, 2.05) is 49.4 Å². The van der Waals surface area contributed by atoms with Gasteiger partial charge in [0.15, 0.2) is 0 Å². The fraction of sp³-hybridized carbons (Fsp3) is 0.0455. The van der Waals surface area contributed by atoms with Crippen LogP contribution >= 0.6 is 0 Å². The third-order valence-corrected chi connectivity index (χ3v) is 5.43. The summed E-state index contributed by atoms with van der Waals surface area (Å²) in [6, 6.07) is 22.7. The predicted octanol–water partition coefficient (Wildman–Crippen LogP) is 4.45. The monoisotopic (exact) mass is 392 g/mol. The molecule has 0 fully saturated rings. The van der Waals surface area contributed by atoms with Gasteiger partial charge in [-0.1, -0.05) is 48.5 Å². The van der Waals surface area contributed by atoms with Crippen molar-refractivity contribution >= 4 is 33.4 Å². The highest BCUT2D eigenvalue weighted by atomic mass is 32.2. The zero-order valence-corrected chi connectivity index (χ0v) is 16.1. The minimum absolute atomic E-state index is 0.119. The second-order valence-electron chi connectivity index (χ2n) is 6.18. The SMILES string of the molecule is Cc1ccccc1NS(=O)(=O)c1ccc(NC(=O)C=Cc2ccccc2)cc1. The van der Waals surface area contributed by atoms with Crippen molar-refractivity contribution in [3.8, 4) is 0 Å². The molecule has 28 heavy (non-hydrogen) atoms. The second kappa shape index (κ2) is 8.54. The van der Waals surface area contributed by atoms with Crippen LogP contribution in [0, 0.1) is 6.92 Å². The van der Waals surface area contributed by atoms with E-state index in [0.717, 1.165) is 11.1 Å². The third kappa shape index (κ3) is 5.08. The molecule has 5 nitrogen and oxygen atoms in total. The molecule has 0 radical (unpaired) electrons. The van der Waals surface area contributed by atoms with Crippen LogP contribution in [0.5, 0.6) is 0 Å². The van der Waals surface area contributed by atoms with E-state index in [1.165, 1.54) is 18.2 Å². The van der Waals surface area contributed by atoms with Crippen LogP contribution < -0.4 is 10.0 Å². The summed E-state index contributed by atoms with van der Waals surface area (Å²) in [5.41, 5.74) is 2.80. The van der Waals surface area contributed by atoms with Crippen molar-refractivity contribution in [1.82, 2.24) is 0 Å². The first-order chi connectivity index (χ1) is 13.4.